The van der Waals surface area contributed by atoms with E-state index in [2.05, 4.69) is 28.0 Å². The minimum absolute atomic E-state index is 0.139. The van der Waals surface area contributed by atoms with Gasteiger partial charge in [-0.05, 0) is 6.92 Å². The third kappa shape index (κ3) is 2.23. The molecule has 0 spiro atoms. The normalized spacial score (nSPS) is 9.83. The first-order chi connectivity index (χ1) is 5.74. The Hall–Kier alpha value is -1.04. The van der Waals surface area contributed by atoms with Gasteiger partial charge >= 0.3 is 5.97 Å². The van der Waals surface area contributed by atoms with Crippen molar-refractivity contribution < 1.29 is 9.53 Å². The molecule has 0 bridgehead atoms. The molecule has 0 atom stereocenters. The molecule has 0 fully saturated rings. The summed E-state index contributed by atoms with van der Waals surface area (Å²) >= 11 is 3.98. The fourth-order valence-corrected chi connectivity index (χ4v) is 0.892. The number of H-pyrrole nitrogens is 1. The number of nitrogens with zero attached hydrogens (tertiary/aromatic N) is 2. The fourth-order valence-electron chi connectivity index (χ4n) is 0.718. The zero-order valence-corrected chi connectivity index (χ0v) is 7.47. The second-order valence-corrected chi connectivity index (χ2v) is 2.52. The highest BCUT2D eigenvalue weighted by molar-refractivity contribution is 7.80. The molecule has 0 aliphatic carbocycles. The number of carbonyl (C=O) groups excluding carboxylic acids is 1. The highest BCUT2D eigenvalue weighted by Crippen LogP contribution is 2.06. The van der Waals surface area contributed by atoms with Crippen LogP contribution in [0.15, 0.2) is 5.03 Å². The third-order valence-electron chi connectivity index (χ3n) is 1.23. The van der Waals surface area contributed by atoms with Gasteiger partial charge in [-0.3, -0.25) is 9.89 Å². The summed E-state index contributed by atoms with van der Waals surface area (Å²) in [5.41, 5.74) is 0.580. The molecule has 0 aliphatic rings. The molecule has 0 aromatic carbocycles. The van der Waals surface area contributed by atoms with Crippen molar-refractivity contribution >= 4 is 18.6 Å². The average molecular weight is 187 g/mol. The van der Waals surface area contributed by atoms with Crippen molar-refractivity contribution in [2.45, 2.75) is 18.4 Å². The van der Waals surface area contributed by atoms with Crippen LogP contribution in [0.25, 0.3) is 0 Å². The van der Waals surface area contributed by atoms with Crippen LogP contribution >= 0.6 is 12.6 Å². The van der Waals surface area contributed by atoms with Gasteiger partial charge in [-0.1, -0.05) is 5.21 Å². The summed E-state index contributed by atoms with van der Waals surface area (Å²) in [5.74, 6) is -0.307. The van der Waals surface area contributed by atoms with Crippen LogP contribution in [0, 0.1) is 0 Å². The number of esters is 1. The van der Waals surface area contributed by atoms with Gasteiger partial charge in [0.25, 0.3) is 0 Å². The maximum atomic E-state index is 10.9. The molecule has 12 heavy (non-hydrogen) atoms. The Kier molecular flexibility index (Phi) is 3.09. The lowest BCUT2D eigenvalue weighted by atomic mass is 10.3. The van der Waals surface area contributed by atoms with Crippen LogP contribution in [0.3, 0.4) is 0 Å². The van der Waals surface area contributed by atoms with E-state index in [4.69, 9.17) is 4.74 Å². The quantitative estimate of drug-likeness (QED) is 0.524. The van der Waals surface area contributed by atoms with E-state index in [0.29, 0.717) is 17.3 Å². The minimum atomic E-state index is -0.307. The van der Waals surface area contributed by atoms with E-state index < -0.39 is 0 Å². The number of rotatable bonds is 3. The summed E-state index contributed by atoms with van der Waals surface area (Å²) in [4.78, 5) is 10.9. The number of hydrogen-bond donors (Lipinski definition) is 2. The van der Waals surface area contributed by atoms with Gasteiger partial charge in [0, 0.05) is 0 Å². The maximum absolute atomic E-state index is 10.9. The Morgan fingerprint density at radius 2 is 2.50 bits per heavy atom. The number of nitrogens with one attached hydrogen (secondary N) is 1. The molecule has 66 valence electrons. The molecule has 1 aromatic heterocycles. The van der Waals surface area contributed by atoms with E-state index in [9.17, 15) is 4.79 Å². The van der Waals surface area contributed by atoms with Crippen LogP contribution in [-0.4, -0.2) is 28.0 Å². The van der Waals surface area contributed by atoms with Gasteiger partial charge in [-0.2, -0.15) is 0 Å². The van der Waals surface area contributed by atoms with E-state index in [1.807, 2.05) is 0 Å². The number of ether oxygens (including phenoxy) is 1. The van der Waals surface area contributed by atoms with Gasteiger partial charge < -0.3 is 4.74 Å². The van der Waals surface area contributed by atoms with E-state index in [1.54, 1.807) is 6.92 Å². The number of aromatic amines is 1. The second-order valence-electron chi connectivity index (χ2n) is 2.10. The van der Waals surface area contributed by atoms with Crippen LogP contribution in [0.2, 0.25) is 0 Å². The molecule has 0 aliphatic heterocycles. The van der Waals surface area contributed by atoms with Crippen molar-refractivity contribution in [3.63, 3.8) is 0 Å². The molecule has 0 saturated carbocycles. The number of carbonyl (C=O) groups is 1. The van der Waals surface area contributed by atoms with Crippen molar-refractivity contribution in [2.24, 2.45) is 0 Å². The lowest BCUT2D eigenvalue weighted by Crippen LogP contribution is -2.08. The van der Waals surface area contributed by atoms with Crippen molar-refractivity contribution in [2.75, 3.05) is 6.61 Å². The standard InChI is InChI=1S/C6H9N3O2S/c1-2-11-5(10)3-4-6(12)8-9-7-4/h2-3H2,1H3,(H2,7,8,9,12). The lowest BCUT2D eigenvalue weighted by molar-refractivity contribution is -0.142. The number of thiol groups is 1. The number of hydrogen-bond acceptors (Lipinski definition) is 5. The van der Waals surface area contributed by atoms with Crippen LogP contribution in [0.5, 0.6) is 0 Å². The predicted molar refractivity (Wildman–Crippen MR) is 44.0 cm³/mol. The topological polar surface area (TPSA) is 67.9 Å². The van der Waals surface area contributed by atoms with Crippen molar-refractivity contribution in [1.29, 1.82) is 0 Å². The second kappa shape index (κ2) is 4.10. The van der Waals surface area contributed by atoms with Gasteiger partial charge in [-0.25, -0.2) is 0 Å². The number of aromatic nitrogens is 3. The summed E-state index contributed by atoms with van der Waals surface area (Å²) in [5, 5.41) is 10.0. The smallest absolute Gasteiger partial charge is 0.311 e. The van der Waals surface area contributed by atoms with Gasteiger partial charge in [0.05, 0.1) is 18.7 Å². The SMILES string of the molecule is CCOC(=O)Cc1[nH]nnc1S. The van der Waals surface area contributed by atoms with Crippen molar-refractivity contribution in [3.05, 3.63) is 5.69 Å². The Bertz CT molecular complexity index is 274. The first-order valence-electron chi connectivity index (χ1n) is 3.48. The Morgan fingerprint density at radius 1 is 1.75 bits per heavy atom. The van der Waals surface area contributed by atoms with Gasteiger partial charge in [0.2, 0.25) is 0 Å². The van der Waals surface area contributed by atoms with Crippen LogP contribution in [-0.2, 0) is 16.0 Å². The molecule has 0 radical (unpaired) electrons. The summed E-state index contributed by atoms with van der Waals surface area (Å²) in [6.07, 6.45) is 0.139. The summed E-state index contributed by atoms with van der Waals surface area (Å²) < 4.78 is 4.72. The summed E-state index contributed by atoms with van der Waals surface area (Å²) in [6, 6.07) is 0. The molecule has 0 unspecified atom stereocenters. The molecular formula is C6H9N3O2S. The van der Waals surface area contributed by atoms with Crippen molar-refractivity contribution in [1.82, 2.24) is 15.4 Å². The molecule has 5 nitrogen and oxygen atoms in total. The summed E-state index contributed by atoms with van der Waals surface area (Å²) in [7, 11) is 0. The Balaban J connectivity index is 2.52. The summed E-state index contributed by atoms with van der Waals surface area (Å²) in [6.45, 7) is 2.13. The van der Waals surface area contributed by atoms with Crippen LogP contribution in [0.1, 0.15) is 12.6 Å². The molecule has 0 saturated heterocycles. The molecule has 6 heteroatoms. The molecule has 1 N–H and O–H groups in total. The highest BCUT2D eigenvalue weighted by Gasteiger charge is 2.09. The molecule has 0 amide bonds. The molecular weight excluding hydrogens is 178 g/mol. The first-order valence-corrected chi connectivity index (χ1v) is 3.93. The van der Waals surface area contributed by atoms with Gasteiger partial charge in [0.15, 0.2) is 0 Å². The van der Waals surface area contributed by atoms with Crippen LogP contribution < -0.4 is 0 Å². The predicted octanol–water partition coefficient (Wildman–Crippen LogP) is 0.199. The largest absolute Gasteiger partial charge is 0.466 e. The zero-order valence-electron chi connectivity index (χ0n) is 6.57. The van der Waals surface area contributed by atoms with Gasteiger partial charge in [0.1, 0.15) is 5.03 Å². The molecule has 1 aromatic rings. The van der Waals surface area contributed by atoms with E-state index >= 15 is 0 Å². The first kappa shape index (κ1) is 9.05. The zero-order chi connectivity index (χ0) is 8.97. The van der Waals surface area contributed by atoms with E-state index in [0.717, 1.165) is 0 Å². The average Bonchev–Trinajstić information content (AvgIpc) is 2.37. The van der Waals surface area contributed by atoms with E-state index in [1.165, 1.54) is 0 Å². The molecule has 1 rings (SSSR count). The Labute approximate surface area is 74.9 Å². The minimum Gasteiger partial charge on any atom is -0.466 e. The molecule has 1 heterocycles. The lowest BCUT2D eigenvalue weighted by Gasteiger charge is -1.98. The maximum Gasteiger partial charge on any atom is 0.311 e. The van der Waals surface area contributed by atoms with E-state index in [-0.39, 0.29) is 12.4 Å². The van der Waals surface area contributed by atoms with Crippen LogP contribution in [0.4, 0.5) is 0 Å². The van der Waals surface area contributed by atoms with Gasteiger partial charge in [-0.15, -0.1) is 17.7 Å². The van der Waals surface area contributed by atoms with Crippen molar-refractivity contribution in [3.8, 4) is 0 Å². The highest BCUT2D eigenvalue weighted by atomic mass is 32.1. The monoisotopic (exact) mass is 187 g/mol. The third-order valence-corrected chi connectivity index (χ3v) is 1.59. The fraction of sp³-hybridized carbons (Fsp3) is 0.500. The Morgan fingerprint density at radius 3 is 3.00 bits per heavy atom.